The van der Waals surface area contributed by atoms with Gasteiger partial charge in [-0.25, -0.2) is 0 Å². The van der Waals surface area contributed by atoms with Crippen LogP contribution in [0.5, 0.6) is 0 Å². The molecule has 0 radical (unpaired) electrons. The maximum Gasteiger partial charge on any atom is 0.279 e. The van der Waals surface area contributed by atoms with E-state index in [0.29, 0.717) is 30.3 Å². The lowest BCUT2D eigenvalue weighted by Crippen LogP contribution is -3.11. The number of halogens is 1. The number of hydrogen-bond acceptors (Lipinski definition) is 2. The van der Waals surface area contributed by atoms with E-state index in [9.17, 15) is 9.59 Å². The van der Waals surface area contributed by atoms with Crippen LogP contribution in [0, 0.1) is 13.8 Å². The van der Waals surface area contributed by atoms with Crippen LogP contribution in [0.2, 0.25) is 5.02 Å². The molecule has 0 aromatic heterocycles. The molecular formula is C17H27ClN3O2+. The van der Waals surface area contributed by atoms with Crippen LogP contribution in [0.15, 0.2) is 12.1 Å². The maximum absolute atomic E-state index is 12.2. The van der Waals surface area contributed by atoms with Gasteiger partial charge in [0.1, 0.15) is 0 Å². The molecule has 2 amide bonds. The molecule has 0 fully saturated rings. The molecule has 0 aliphatic heterocycles. The van der Waals surface area contributed by atoms with E-state index < -0.39 is 0 Å². The monoisotopic (exact) mass is 340 g/mol. The van der Waals surface area contributed by atoms with Gasteiger partial charge in [0.25, 0.3) is 11.8 Å². The Bertz CT molecular complexity index is 548. The number of carbonyl (C=O) groups is 2. The number of likely N-dealkylation sites (N-methyl/N-ethyl adjacent to an activating group) is 2. The summed E-state index contributed by atoms with van der Waals surface area (Å²) in [5.41, 5.74) is 2.63. The van der Waals surface area contributed by atoms with Gasteiger partial charge in [-0.2, -0.15) is 0 Å². The van der Waals surface area contributed by atoms with Crippen LogP contribution in [-0.2, 0) is 9.59 Å². The lowest BCUT2D eigenvalue weighted by atomic mass is 10.1. The first-order valence-electron chi connectivity index (χ1n) is 7.94. The molecule has 1 unspecified atom stereocenters. The van der Waals surface area contributed by atoms with Gasteiger partial charge in [-0.1, -0.05) is 17.7 Å². The van der Waals surface area contributed by atoms with Gasteiger partial charge in [-0.05, 0) is 44.9 Å². The van der Waals surface area contributed by atoms with Crippen LogP contribution in [0.25, 0.3) is 0 Å². The fraction of sp³-hybridized carbons (Fsp3) is 0.529. The fourth-order valence-corrected chi connectivity index (χ4v) is 2.91. The van der Waals surface area contributed by atoms with Crippen LogP contribution in [0.4, 0.5) is 5.69 Å². The molecule has 0 spiro atoms. The van der Waals surface area contributed by atoms with E-state index in [1.54, 1.807) is 4.90 Å². The van der Waals surface area contributed by atoms with Crippen molar-refractivity contribution < 1.29 is 14.5 Å². The second-order valence-electron chi connectivity index (χ2n) is 5.86. The van der Waals surface area contributed by atoms with Gasteiger partial charge in [0, 0.05) is 13.1 Å². The van der Waals surface area contributed by atoms with E-state index in [0.717, 1.165) is 16.0 Å². The Balaban J connectivity index is 2.62. The van der Waals surface area contributed by atoms with Gasteiger partial charge in [-0.15, -0.1) is 0 Å². The molecule has 128 valence electrons. The van der Waals surface area contributed by atoms with Gasteiger partial charge < -0.3 is 15.1 Å². The number of carbonyl (C=O) groups excluding carboxylic acids is 2. The average Bonchev–Trinajstić information content (AvgIpc) is 2.43. The van der Waals surface area contributed by atoms with E-state index >= 15 is 0 Å². The summed E-state index contributed by atoms with van der Waals surface area (Å²) in [7, 11) is 1.84. The largest absolute Gasteiger partial charge is 0.338 e. The van der Waals surface area contributed by atoms with Crippen LogP contribution >= 0.6 is 11.6 Å². The molecule has 0 heterocycles. The Labute approximate surface area is 143 Å². The minimum Gasteiger partial charge on any atom is -0.338 e. The second-order valence-corrected chi connectivity index (χ2v) is 6.27. The van der Waals surface area contributed by atoms with Crippen molar-refractivity contribution in [3.63, 3.8) is 0 Å². The van der Waals surface area contributed by atoms with Gasteiger partial charge in [0.15, 0.2) is 13.1 Å². The van der Waals surface area contributed by atoms with Crippen molar-refractivity contribution in [3.05, 3.63) is 28.3 Å². The number of nitrogens with one attached hydrogen (secondary N) is 2. The first-order chi connectivity index (χ1) is 10.8. The van der Waals surface area contributed by atoms with Gasteiger partial charge in [-0.3, -0.25) is 9.59 Å². The predicted octanol–water partition coefficient (Wildman–Crippen LogP) is 1.28. The second kappa shape index (κ2) is 8.89. The van der Waals surface area contributed by atoms with E-state index in [4.69, 9.17) is 11.6 Å². The van der Waals surface area contributed by atoms with Crippen molar-refractivity contribution in [2.24, 2.45) is 0 Å². The summed E-state index contributed by atoms with van der Waals surface area (Å²) in [6.45, 7) is 9.67. The first-order valence-corrected chi connectivity index (χ1v) is 8.31. The van der Waals surface area contributed by atoms with Crippen molar-refractivity contribution in [1.82, 2.24) is 4.90 Å². The lowest BCUT2D eigenvalue weighted by molar-refractivity contribution is -0.862. The van der Waals surface area contributed by atoms with E-state index in [2.05, 4.69) is 5.32 Å². The van der Waals surface area contributed by atoms with Crippen molar-refractivity contribution in [1.29, 1.82) is 0 Å². The number of anilines is 1. The number of aryl methyl sites for hydroxylation is 2. The Morgan fingerprint density at radius 2 is 1.78 bits per heavy atom. The zero-order chi connectivity index (χ0) is 17.6. The number of hydrogen-bond donors (Lipinski definition) is 2. The molecule has 1 aromatic carbocycles. The van der Waals surface area contributed by atoms with Gasteiger partial charge >= 0.3 is 0 Å². The molecule has 0 aliphatic rings. The molecule has 0 aliphatic carbocycles. The summed E-state index contributed by atoms with van der Waals surface area (Å²) in [6.07, 6.45) is 0. The van der Waals surface area contributed by atoms with Crippen LogP contribution in [-0.4, -0.2) is 49.9 Å². The topological polar surface area (TPSA) is 53.9 Å². The highest BCUT2D eigenvalue weighted by Crippen LogP contribution is 2.26. The average molecular weight is 341 g/mol. The molecule has 0 bridgehead atoms. The van der Waals surface area contributed by atoms with Gasteiger partial charge in [0.2, 0.25) is 0 Å². The highest BCUT2D eigenvalue weighted by molar-refractivity contribution is 6.34. The summed E-state index contributed by atoms with van der Waals surface area (Å²) < 4.78 is 0. The SMILES string of the molecule is CCN(CC)C(=O)C[NH+](C)CC(=O)Nc1c(C)cc(C)cc1Cl. The van der Waals surface area contributed by atoms with Crippen LogP contribution in [0.1, 0.15) is 25.0 Å². The zero-order valence-corrected chi connectivity index (χ0v) is 15.4. The Hall–Kier alpha value is -1.59. The van der Waals surface area contributed by atoms with E-state index in [-0.39, 0.29) is 18.4 Å². The fourth-order valence-electron chi connectivity index (χ4n) is 2.54. The molecule has 1 rings (SSSR count). The zero-order valence-electron chi connectivity index (χ0n) is 14.6. The molecule has 6 heteroatoms. The molecule has 23 heavy (non-hydrogen) atoms. The molecule has 0 saturated heterocycles. The Kier molecular flexibility index (Phi) is 7.52. The third-order valence-electron chi connectivity index (χ3n) is 3.73. The van der Waals surface area contributed by atoms with Crippen molar-refractivity contribution in [2.45, 2.75) is 27.7 Å². The smallest absolute Gasteiger partial charge is 0.279 e. The minimum atomic E-state index is -0.149. The lowest BCUT2D eigenvalue weighted by Gasteiger charge is -2.21. The maximum atomic E-state index is 12.2. The molecule has 2 N–H and O–H groups in total. The number of benzene rings is 1. The highest BCUT2D eigenvalue weighted by Gasteiger charge is 2.18. The van der Waals surface area contributed by atoms with Crippen molar-refractivity contribution >= 4 is 29.1 Å². The molecular weight excluding hydrogens is 314 g/mol. The number of quaternary nitrogens is 1. The molecule has 1 atom stereocenters. The summed E-state index contributed by atoms with van der Waals surface area (Å²) in [5, 5.41) is 3.39. The third-order valence-corrected chi connectivity index (χ3v) is 4.03. The van der Waals surface area contributed by atoms with Crippen LogP contribution < -0.4 is 10.2 Å². The number of nitrogens with zero attached hydrogens (tertiary/aromatic N) is 1. The molecule has 5 nitrogen and oxygen atoms in total. The van der Waals surface area contributed by atoms with Gasteiger partial charge in [0.05, 0.1) is 17.8 Å². The highest BCUT2D eigenvalue weighted by atomic mass is 35.5. The van der Waals surface area contributed by atoms with Crippen LogP contribution in [0.3, 0.4) is 0 Å². The first kappa shape index (κ1) is 19.5. The third kappa shape index (κ3) is 5.84. The van der Waals surface area contributed by atoms with Crippen molar-refractivity contribution in [2.75, 3.05) is 38.5 Å². The van der Waals surface area contributed by atoms with E-state index in [1.807, 2.05) is 46.9 Å². The summed E-state index contributed by atoms with van der Waals surface area (Å²) in [6, 6.07) is 3.80. The molecule has 0 saturated carbocycles. The summed E-state index contributed by atoms with van der Waals surface area (Å²) in [5.74, 6) is -0.0893. The quantitative estimate of drug-likeness (QED) is 0.785. The number of rotatable bonds is 7. The molecule has 1 aromatic rings. The standard InChI is InChI=1S/C17H26ClN3O2/c1-6-21(7-2)16(23)11-20(5)10-15(22)19-17-13(4)8-12(3)9-14(17)18/h8-9H,6-7,10-11H2,1-5H3,(H,19,22)/p+1. The summed E-state index contributed by atoms with van der Waals surface area (Å²) >= 11 is 6.20. The summed E-state index contributed by atoms with van der Waals surface area (Å²) in [4.78, 5) is 26.9. The van der Waals surface area contributed by atoms with Crippen molar-refractivity contribution in [3.8, 4) is 0 Å². The normalized spacial score (nSPS) is 11.9. The minimum absolute atomic E-state index is 0.0600. The predicted molar refractivity (Wildman–Crippen MR) is 94.1 cm³/mol. The Morgan fingerprint density at radius 3 is 2.30 bits per heavy atom. The number of amides is 2. The van der Waals surface area contributed by atoms with E-state index in [1.165, 1.54) is 0 Å². The Morgan fingerprint density at radius 1 is 1.17 bits per heavy atom.